The molecule has 9 heteroatoms. The van der Waals surface area contributed by atoms with Gasteiger partial charge in [-0.2, -0.15) is 13.2 Å². The number of aliphatic hydroxyl groups is 1. The number of ether oxygens (including phenoxy) is 1. The van der Waals surface area contributed by atoms with Crippen molar-refractivity contribution in [2.45, 2.75) is 38.3 Å². The second kappa shape index (κ2) is 8.25. The van der Waals surface area contributed by atoms with Crippen LogP contribution < -0.4 is 4.74 Å². The Kier molecular flexibility index (Phi) is 5.91. The first-order chi connectivity index (χ1) is 14.1. The number of carbonyl (C=O) groups is 2. The number of aromatic nitrogens is 1. The maximum absolute atomic E-state index is 13.9. The van der Waals surface area contributed by atoms with E-state index in [1.165, 1.54) is 12.1 Å². The maximum Gasteiger partial charge on any atom is 0.417 e. The molecule has 1 heterocycles. The first-order valence-electron chi connectivity index (χ1n) is 9.09. The summed E-state index contributed by atoms with van der Waals surface area (Å²) in [4.78, 5) is 27.4. The van der Waals surface area contributed by atoms with Gasteiger partial charge >= 0.3 is 6.18 Å². The van der Waals surface area contributed by atoms with Crippen LogP contribution in [0.1, 0.15) is 43.2 Å². The summed E-state index contributed by atoms with van der Waals surface area (Å²) >= 11 is 0. The number of allylic oxidation sites excluding steroid dienone is 2. The summed E-state index contributed by atoms with van der Waals surface area (Å²) in [5.41, 5.74) is -0.679. The lowest BCUT2D eigenvalue weighted by molar-refractivity contribution is -0.138. The molecule has 0 bridgehead atoms. The van der Waals surface area contributed by atoms with E-state index in [2.05, 4.69) is 4.98 Å². The van der Waals surface area contributed by atoms with Crippen LogP contribution in [0.15, 0.2) is 47.9 Å². The van der Waals surface area contributed by atoms with Gasteiger partial charge in [0.1, 0.15) is 11.5 Å². The van der Waals surface area contributed by atoms with Gasteiger partial charge in [-0.3, -0.25) is 9.59 Å². The van der Waals surface area contributed by atoms with E-state index in [0.29, 0.717) is 17.8 Å². The number of ketones is 2. The molecule has 3 rings (SSSR count). The molecule has 0 radical (unpaired) electrons. The van der Waals surface area contributed by atoms with Crippen molar-refractivity contribution in [1.29, 1.82) is 0 Å². The Morgan fingerprint density at radius 3 is 2.43 bits per heavy atom. The average molecular weight is 423 g/mol. The largest absolute Gasteiger partial charge is 0.511 e. The highest BCUT2D eigenvalue weighted by Crippen LogP contribution is 2.36. The van der Waals surface area contributed by atoms with Crippen molar-refractivity contribution in [3.63, 3.8) is 0 Å². The summed E-state index contributed by atoms with van der Waals surface area (Å²) < 4.78 is 56.8. The first-order valence-corrected chi connectivity index (χ1v) is 9.09. The van der Waals surface area contributed by atoms with E-state index in [4.69, 9.17) is 4.74 Å². The summed E-state index contributed by atoms with van der Waals surface area (Å²) in [7, 11) is 0. The number of benzene rings is 1. The standard InChI is InChI=1S/C21H17F4NO4/c1-2-16(27)19-17(28)7-12(8-18(19)29)11-3-5-14(6-4-11)30-20-15(22)9-13(10-26-20)21(23,24)25/h3-6,9-10,12,28H,2,7-8H2,1H3. The molecular formula is C21H17F4NO4. The number of hydrogen-bond donors (Lipinski definition) is 1. The maximum atomic E-state index is 13.9. The number of pyridine rings is 1. The topological polar surface area (TPSA) is 76.5 Å². The third-order valence-electron chi connectivity index (χ3n) is 4.74. The molecule has 0 saturated heterocycles. The highest BCUT2D eigenvalue weighted by atomic mass is 19.4. The van der Waals surface area contributed by atoms with Gasteiger partial charge in [-0.15, -0.1) is 0 Å². The summed E-state index contributed by atoms with van der Waals surface area (Å²) in [6.45, 7) is 1.61. The minimum atomic E-state index is -4.72. The van der Waals surface area contributed by atoms with Gasteiger partial charge < -0.3 is 9.84 Å². The molecule has 5 nitrogen and oxygen atoms in total. The summed E-state index contributed by atoms with van der Waals surface area (Å²) in [5, 5.41) is 10.1. The second-order valence-electron chi connectivity index (χ2n) is 6.81. The molecule has 0 spiro atoms. The number of Topliss-reactive ketones (excluding diaryl/α,β-unsaturated/α-hetero) is 2. The van der Waals surface area contributed by atoms with E-state index >= 15 is 0 Å². The summed E-state index contributed by atoms with van der Waals surface area (Å²) in [6.07, 6.45) is -3.93. The van der Waals surface area contributed by atoms with Gasteiger partial charge in [0.05, 0.1) is 11.1 Å². The second-order valence-corrected chi connectivity index (χ2v) is 6.81. The zero-order valence-electron chi connectivity index (χ0n) is 15.8. The SMILES string of the molecule is CCC(=O)C1=C(O)CC(c2ccc(Oc3ncc(C(F)(F)F)cc3F)cc2)CC1=O. The van der Waals surface area contributed by atoms with Crippen LogP contribution in [0.25, 0.3) is 0 Å². The van der Waals surface area contributed by atoms with Gasteiger partial charge in [0, 0.05) is 25.5 Å². The van der Waals surface area contributed by atoms with Crippen LogP contribution in [0.3, 0.4) is 0 Å². The normalized spacial score (nSPS) is 17.2. The van der Waals surface area contributed by atoms with Gasteiger partial charge in [-0.05, 0) is 29.7 Å². The zero-order valence-corrected chi connectivity index (χ0v) is 15.8. The molecule has 1 aliphatic rings. The molecule has 158 valence electrons. The lowest BCUT2D eigenvalue weighted by Gasteiger charge is -2.23. The number of alkyl halides is 3. The molecule has 0 fully saturated rings. The quantitative estimate of drug-likeness (QED) is 0.524. The van der Waals surface area contributed by atoms with Gasteiger partial charge in [0.2, 0.25) is 0 Å². The lowest BCUT2D eigenvalue weighted by atomic mass is 9.81. The third kappa shape index (κ3) is 4.50. The van der Waals surface area contributed by atoms with Gasteiger partial charge in [-0.1, -0.05) is 19.1 Å². The first kappa shape index (κ1) is 21.5. The predicted octanol–water partition coefficient (Wildman–Crippen LogP) is 5.27. The predicted molar refractivity (Wildman–Crippen MR) is 97.6 cm³/mol. The van der Waals surface area contributed by atoms with E-state index < -0.39 is 35.0 Å². The number of nitrogens with zero attached hydrogens (tertiary/aromatic N) is 1. The molecular weight excluding hydrogens is 406 g/mol. The number of aliphatic hydroxyl groups excluding tert-OH is 1. The van der Waals surface area contributed by atoms with Crippen LogP contribution in [0.5, 0.6) is 11.6 Å². The van der Waals surface area contributed by atoms with Crippen LogP contribution in [-0.2, 0) is 15.8 Å². The van der Waals surface area contributed by atoms with Crippen LogP contribution in [0.4, 0.5) is 17.6 Å². The fourth-order valence-electron chi connectivity index (χ4n) is 3.20. The van der Waals surface area contributed by atoms with Crippen molar-refractivity contribution in [3.8, 4) is 11.6 Å². The Morgan fingerprint density at radius 1 is 1.23 bits per heavy atom. The Labute approximate surface area is 169 Å². The van der Waals surface area contributed by atoms with Crippen molar-refractivity contribution >= 4 is 11.6 Å². The molecule has 2 aromatic rings. The van der Waals surface area contributed by atoms with E-state index in [1.54, 1.807) is 19.1 Å². The van der Waals surface area contributed by atoms with Crippen LogP contribution >= 0.6 is 0 Å². The van der Waals surface area contributed by atoms with Crippen molar-refractivity contribution in [2.24, 2.45) is 0 Å². The van der Waals surface area contributed by atoms with Gasteiger partial charge in [0.25, 0.3) is 5.88 Å². The molecule has 1 N–H and O–H groups in total. The third-order valence-corrected chi connectivity index (χ3v) is 4.74. The molecule has 1 unspecified atom stereocenters. The summed E-state index contributed by atoms with van der Waals surface area (Å²) in [6, 6.07) is 6.39. The van der Waals surface area contributed by atoms with E-state index in [-0.39, 0.29) is 42.3 Å². The molecule has 1 aromatic carbocycles. The molecule has 30 heavy (non-hydrogen) atoms. The average Bonchev–Trinajstić information content (AvgIpc) is 2.68. The minimum absolute atomic E-state index is 0.0560. The molecule has 1 aliphatic carbocycles. The molecule has 1 aromatic heterocycles. The smallest absolute Gasteiger partial charge is 0.417 e. The number of carbonyl (C=O) groups excluding carboxylic acids is 2. The molecule has 0 amide bonds. The van der Waals surface area contributed by atoms with Gasteiger partial charge in [0.15, 0.2) is 17.4 Å². The Balaban J connectivity index is 1.74. The Bertz CT molecular complexity index is 1010. The van der Waals surface area contributed by atoms with Crippen LogP contribution in [0, 0.1) is 5.82 Å². The minimum Gasteiger partial charge on any atom is -0.511 e. The van der Waals surface area contributed by atoms with Gasteiger partial charge in [-0.25, -0.2) is 9.37 Å². The lowest BCUT2D eigenvalue weighted by Crippen LogP contribution is -2.23. The zero-order chi connectivity index (χ0) is 22.1. The number of rotatable bonds is 5. The summed E-state index contributed by atoms with van der Waals surface area (Å²) in [5.74, 6) is -3.13. The van der Waals surface area contributed by atoms with Crippen molar-refractivity contribution in [1.82, 2.24) is 4.98 Å². The van der Waals surface area contributed by atoms with Crippen LogP contribution in [-0.4, -0.2) is 21.7 Å². The molecule has 1 atom stereocenters. The fraction of sp³-hybridized carbons (Fsp3) is 0.286. The molecule has 0 aliphatic heterocycles. The highest BCUT2D eigenvalue weighted by molar-refractivity contribution is 6.21. The number of halogens is 4. The Hall–Kier alpha value is -3.23. The van der Waals surface area contributed by atoms with E-state index in [0.717, 1.165) is 0 Å². The Morgan fingerprint density at radius 2 is 1.90 bits per heavy atom. The van der Waals surface area contributed by atoms with Crippen LogP contribution in [0.2, 0.25) is 0 Å². The fourth-order valence-corrected chi connectivity index (χ4v) is 3.20. The molecule has 0 saturated carbocycles. The van der Waals surface area contributed by atoms with E-state index in [9.17, 15) is 32.3 Å². The van der Waals surface area contributed by atoms with Crippen molar-refractivity contribution in [2.75, 3.05) is 0 Å². The van der Waals surface area contributed by atoms with E-state index in [1.807, 2.05) is 0 Å². The highest BCUT2D eigenvalue weighted by Gasteiger charge is 2.33. The number of hydrogen-bond acceptors (Lipinski definition) is 5. The monoisotopic (exact) mass is 423 g/mol. The van der Waals surface area contributed by atoms with Crippen molar-refractivity contribution in [3.05, 3.63) is 64.8 Å². The van der Waals surface area contributed by atoms with Crippen molar-refractivity contribution < 1.29 is 37.0 Å².